The van der Waals surface area contributed by atoms with Crippen LogP contribution < -0.4 is 15.8 Å². The largest absolute Gasteiger partial charge is 0.484 e. The highest BCUT2D eigenvalue weighted by Crippen LogP contribution is 2.19. The van der Waals surface area contributed by atoms with Gasteiger partial charge in [-0.15, -0.1) is 24.0 Å². The van der Waals surface area contributed by atoms with Gasteiger partial charge in [0.25, 0.3) is 0 Å². The van der Waals surface area contributed by atoms with E-state index in [9.17, 15) is 13.2 Å². The molecule has 8 heteroatoms. The highest BCUT2D eigenvalue weighted by Gasteiger charge is 2.28. The molecule has 0 bridgehead atoms. The molecular weight excluding hydrogens is 458 g/mol. The third-order valence-electron chi connectivity index (χ3n) is 3.30. The Labute approximate surface area is 167 Å². The van der Waals surface area contributed by atoms with Crippen LogP contribution in [-0.2, 0) is 13.0 Å². The van der Waals surface area contributed by atoms with E-state index in [1.807, 2.05) is 30.3 Å². The lowest BCUT2D eigenvalue weighted by Gasteiger charge is -2.10. The van der Waals surface area contributed by atoms with E-state index in [1.54, 1.807) is 12.1 Å². The molecule has 0 saturated heterocycles. The molecule has 0 atom stereocenters. The zero-order valence-electron chi connectivity index (χ0n) is 14.0. The summed E-state index contributed by atoms with van der Waals surface area (Å²) in [6.07, 6.45) is -3.54. The third-order valence-corrected chi connectivity index (χ3v) is 3.30. The fourth-order valence-corrected chi connectivity index (χ4v) is 2.11. The molecule has 0 saturated carbocycles. The topological polar surface area (TPSA) is 59.6 Å². The maximum atomic E-state index is 12.2. The Morgan fingerprint density at radius 1 is 1.04 bits per heavy atom. The van der Waals surface area contributed by atoms with Gasteiger partial charge in [-0.2, -0.15) is 13.2 Å². The van der Waals surface area contributed by atoms with Gasteiger partial charge in [0.2, 0.25) is 0 Å². The first-order chi connectivity index (χ1) is 11.9. The summed E-state index contributed by atoms with van der Waals surface area (Å²) in [4.78, 5) is 4.18. The number of ether oxygens (including phenoxy) is 1. The van der Waals surface area contributed by atoms with Crippen LogP contribution in [0.25, 0.3) is 0 Å². The van der Waals surface area contributed by atoms with Gasteiger partial charge in [0.1, 0.15) is 5.75 Å². The summed E-state index contributed by atoms with van der Waals surface area (Å²) in [7, 11) is 0. The van der Waals surface area contributed by atoms with Gasteiger partial charge >= 0.3 is 6.18 Å². The van der Waals surface area contributed by atoms with Gasteiger partial charge in [0.05, 0.1) is 6.54 Å². The SMILES string of the molecule is I.NC(=NCc1cccc(OCC(F)(F)F)c1)NCCc1ccccc1. The first-order valence-corrected chi connectivity index (χ1v) is 7.78. The lowest BCUT2D eigenvalue weighted by atomic mass is 10.1. The van der Waals surface area contributed by atoms with Crippen molar-refractivity contribution in [3.05, 3.63) is 65.7 Å². The Morgan fingerprint density at radius 2 is 1.73 bits per heavy atom. The molecule has 0 amide bonds. The number of nitrogens with zero attached hydrogens (tertiary/aromatic N) is 1. The van der Waals surface area contributed by atoms with Crippen molar-refractivity contribution in [3.8, 4) is 5.75 Å². The number of guanidine groups is 1. The molecule has 2 aromatic rings. The van der Waals surface area contributed by atoms with Gasteiger partial charge in [-0.05, 0) is 29.7 Å². The highest BCUT2D eigenvalue weighted by atomic mass is 127. The molecule has 0 aliphatic heterocycles. The number of rotatable bonds is 7. The number of nitrogens with one attached hydrogen (secondary N) is 1. The molecule has 0 aromatic heterocycles. The molecule has 26 heavy (non-hydrogen) atoms. The van der Waals surface area contributed by atoms with Crippen LogP contribution in [0, 0.1) is 0 Å². The van der Waals surface area contributed by atoms with Crippen molar-refractivity contribution in [2.24, 2.45) is 10.7 Å². The molecule has 0 heterocycles. The van der Waals surface area contributed by atoms with E-state index in [1.165, 1.54) is 17.7 Å². The van der Waals surface area contributed by atoms with E-state index in [0.29, 0.717) is 12.1 Å². The first kappa shape index (κ1) is 22.1. The summed E-state index contributed by atoms with van der Waals surface area (Å²) >= 11 is 0. The highest BCUT2D eigenvalue weighted by molar-refractivity contribution is 14.0. The third kappa shape index (κ3) is 8.93. The second kappa shape index (κ2) is 10.9. The van der Waals surface area contributed by atoms with Crippen LogP contribution in [0.5, 0.6) is 5.75 Å². The number of hydrogen-bond donors (Lipinski definition) is 2. The zero-order chi connectivity index (χ0) is 18.1. The van der Waals surface area contributed by atoms with Gasteiger partial charge in [-0.25, -0.2) is 4.99 Å². The van der Waals surface area contributed by atoms with E-state index < -0.39 is 12.8 Å². The van der Waals surface area contributed by atoms with E-state index >= 15 is 0 Å². The van der Waals surface area contributed by atoms with E-state index in [2.05, 4.69) is 10.3 Å². The van der Waals surface area contributed by atoms with Crippen LogP contribution in [0.2, 0.25) is 0 Å². The molecule has 142 valence electrons. The van der Waals surface area contributed by atoms with Crippen molar-refractivity contribution in [3.63, 3.8) is 0 Å². The molecule has 2 rings (SSSR count). The summed E-state index contributed by atoms with van der Waals surface area (Å²) in [5.74, 6) is 0.443. The van der Waals surface area contributed by atoms with Gasteiger partial charge in [0.15, 0.2) is 12.6 Å². The lowest BCUT2D eigenvalue weighted by Crippen LogP contribution is -2.33. The lowest BCUT2D eigenvalue weighted by molar-refractivity contribution is -0.153. The second-order valence-electron chi connectivity index (χ2n) is 5.42. The molecule has 0 spiro atoms. The number of nitrogens with two attached hydrogens (primary N) is 1. The number of alkyl halides is 3. The minimum Gasteiger partial charge on any atom is -0.484 e. The summed E-state index contributed by atoms with van der Waals surface area (Å²) < 4.78 is 41.2. The van der Waals surface area contributed by atoms with Crippen LogP contribution >= 0.6 is 24.0 Å². The number of hydrogen-bond acceptors (Lipinski definition) is 2. The maximum absolute atomic E-state index is 12.2. The van der Waals surface area contributed by atoms with Gasteiger partial charge in [-0.3, -0.25) is 0 Å². The van der Waals surface area contributed by atoms with Gasteiger partial charge in [-0.1, -0.05) is 42.5 Å². The van der Waals surface area contributed by atoms with Crippen molar-refractivity contribution in [1.82, 2.24) is 5.32 Å². The average molecular weight is 479 g/mol. The Morgan fingerprint density at radius 3 is 2.42 bits per heavy atom. The summed E-state index contributed by atoms with van der Waals surface area (Å²) in [5.41, 5.74) is 7.71. The predicted octanol–water partition coefficient (Wildman–Crippen LogP) is 3.89. The number of halogens is 4. The average Bonchev–Trinajstić information content (AvgIpc) is 2.59. The minimum absolute atomic E-state index is 0. The normalized spacial score (nSPS) is 11.6. The van der Waals surface area contributed by atoms with Gasteiger partial charge in [0, 0.05) is 6.54 Å². The number of aliphatic imine (C=N–C) groups is 1. The predicted molar refractivity (Wildman–Crippen MR) is 107 cm³/mol. The second-order valence-corrected chi connectivity index (χ2v) is 5.42. The van der Waals surface area contributed by atoms with Crippen LogP contribution in [-0.4, -0.2) is 25.3 Å². The van der Waals surface area contributed by atoms with E-state index in [4.69, 9.17) is 10.5 Å². The molecule has 0 unspecified atom stereocenters. The summed E-state index contributed by atoms with van der Waals surface area (Å²) in [6.45, 7) is -0.412. The van der Waals surface area contributed by atoms with Crippen LogP contribution in [0.4, 0.5) is 13.2 Å². The molecule has 0 fully saturated rings. The summed E-state index contributed by atoms with van der Waals surface area (Å²) in [6, 6.07) is 16.3. The Kier molecular flexibility index (Phi) is 9.25. The minimum atomic E-state index is -4.36. The zero-order valence-corrected chi connectivity index (χ0v) is 16.3. The van der Waals surface area contributed by atoms with Crippen LogP contribution in [0.15, 0.2) is 59.6 Å². The molecular formula is C18H21F3IN3O. The quantitative estimate of drug-likeness (QED) is 0.360. The van der Waals surface area contributed by atoms with E-state index in [-0.39, 0.29) is 42.2 Å². The maximum Gasteiger partial charge on any atom is 0.422 e. The standard InChI is InChI=1S/C18H20F3N3O.HI/c19-18(20,21)13-25-16-8-4-7-15(11-16)12-24-17(22)23-10-9-14-5-2-1-3-6-14;/h1-8,11H,9-10,12-13H2,(H3,22,23,24);1H. The van der Waals surface area contributed by atoms with Crippen LogP contribution in [0.3, 0.4) is 0 Å². The van der Waals surface area contributed by atoms with E-state index in [0.717, 1.165) is 6.42 Å². The molecule has 3 N–H and O–H groups in total. The molecule has 0 aliphatic carbocycles. The fraction of sp³-hybridized carbons (Fsp3) is 0.278. The Hall–Kier alpha value is -1.97. The van der Waals surface area contributed by atoms with Gasteiger partial charge < -0.3 is 15.8 Å². The number of benzene rings is 2. The van der Waals surface area contributed by atoms with Crippen LogP contribution in [0.1, 0.15) is 11.1 Å². The van der Waals surface area contributed by atoms with Crippen molar-refractivity contribution >= 4 is 29.9 Å². The molecule has 0 aliphatic rings. The van der Waals surface area contributed by atoms with Crippen molar-refractivity contribution < 1.29 is 17.9 Å². The molecule has 4 nitrogen and oxygen atoms in total. The Balaban J connectivity index is 0.00000338. The molecule has 0 radical (unpaired) electrons. The smallest absolute Gasteiger partial charge is 0.422 e. The van der Waals surface area contributed by atoms with Crippen molar-refractivity contribution in [1.29, 1.82) is 0 Å². The Bertz CT molecular complexity index is 694. The summed E-state index contributed by atoms with van der Waals surface area (Å²) in [5, 5.41) is 3.01. The fourth-order valence-electron chi connectivity index (χ4n) is 2.11. The van der Waals surface area contributed by atoms with Crippen molar-refractivity contribution in [2.75, 3.05) is 13.2 Å². The van der Waals surface area contributed by atoms with Crippen molar-refractivity contribution in [2.45, 2.75) is 19.1 Å². The first-order valence-electron chi connectivity index (χ1n) is 7.78. The molecule has 2 aromatic carbocycles. The monoisotopic (exact) mass is 479 g/mol.